The maximum absolute atomic E-state index is 12.6. The van der Waals surface area contributed by atoms with Crippen LogP contribution in [0.1, 0.15) is 28.8 Å². The fraction of sp³-hybridized carbons (Fsp3) is 0.333. The largest absolute Gasteiger partial charge is 0.418 e. The molecule has 0 saturated carbocycles. The molecule has 0 aliphatic rings. The Labute approximate surface area is 92.7 Å². The van der Waals surface area contributed by atoms with E-state index in [2.05, 4.69) is 4.98 Å². The third-order valence-corrected chi connectivity index (χ3v) is 2.01. The minimum atomic E-state index is -5.05. The van der Waals surface area contributed by atoms with Crippen molar-refractivity contribution in [3.05, 3.63) is 28.6 Å². The van der Waals surface area contributed by atoms with Crippen LogP contribution >= 0.6 is 0 Å². The fourth-order valence-electron chi connectivity index (χ4n) is 1.35. The highest BCUT2D eigenvalue weighted by atomic mass is 19.4. The molecule has 1 heterocycles. The number of nitrogens with zero attached hydrogens (tertiary/aromatic N) is 2. The predicted molar refractivity (Wildman–Crippen MR) is 46.8 cm³/mol. The molecule has 0 aliphatic heterocycles. The summed E-state index contributed by atoms with van der Waals surface area (Å²) in [6, 6.07) is 1.19. The molecule has 2 N–H and O–H groups in total. The Kier molecular flexibility index (Phi) is 3.63. The average molecular weight is 251 g/mol. The zero-order chi connectivity index (χ0) is 13.2. The first-order chi connectivity index (χ1) is 7.82. The minimum absolute atomic E-state index is 0.561. The maximum atomic E-state index is 12.6. The molecule has 0 unspecified atom stereocenters. The topological polar surface area (TPSA) is 62.7 Å². The second-order valence-corrected chi connectivity index (χ2v) is 3.02. The van der Waals surface area contributed by atoms with Gasteiger partial charge in [0.2, 0.25) is 0 Å². The van der Waals surface area contributed by atoms with Crippen LogP contribution in [-0.4, -0.2) is 4.98 Å². The van der Waals surface area contributed by atoms with E-state index in [1.165, 1.54) is 6.07 Å². The van der Waals surface area contributed by atoms with E-state index in [-0.39, 0.29) is 0 Å². The highest BCUT2D eigenvalue weighted by Gasteiger charge is 2.40. The van der Waals surface area contributed by atoms with Crippen molar-refractivity contribution in [3.63, 3.8) is 0 Å². The van der Waals surface area contributed by atoms with Crippen LogP contribution in [0.15, 0.2) is 6.20 Å². The normalized spacial score (nSPS) is 11.6. The van der Waals surface area contributed by atoms with Crippen molar-refractivity contribution in [3.8, 4) is 6.07 Å². The molecular formula is C9H6F5N3. The van der Waals surface area contributed by atoms with Crippen molar-refractivity contribution < 1.29 is 22.0 Å². The molecule has 0 fully saturated rings. The van der Waals surface area contributed by atoms with Crippen LogP contribution in [0.4, 0.5) is 22.0 Å². The smallest absolute Gasteiger partial charge is 0.325 e. The zero-order valence-corrected chi connectivity index (χ0v) is 8.22. The number of aromatic nitrogens is 1. The van der Waals surface area contributed by atoms with Crippen molar-refractivity contribution in [1.82, 2.24) is 4.98 Å². The minimum Gasteiger partial charge on any atom is -0.325 e. The highest BCUT2D eigenvalue weighted by Crippen LogP contribution is 2.39. The van der Waals surface area contributed by atoms with Crippen molar-refractivity contribution in [2.24, 2.45) is 5.73 Å². The van der Waals surface area contributed by atoms with Gasteiger partial charge in [-0.05, 0) is 0 Å². The lowest BCUT2D eigenvalue weighted by atomic mass is 10.0. The van der Waals surface area contributed by atoms with Crippen molar-refractivity contribution in [1.29, 1.82) is 5.26 Å². The van der Waals surface area contributed by atoms with E-state index in [4.69, 9.17) is 11.0 Å². The second kappa shape index (κ2) is 4.63. The third kappa shape index (κ3) is 2.50. The second-order valence-electron chi connectivity index (χ2n) is 3.02. The van der Waals surface area contributed by atoms with Gasteiger partial charge in [0.05, 0.1) is 22.4 Å². The van der Waals surface area contributed by atoms with E-state index in [0.29, 0.717) is 6.20 Å². The lowest BCUT2D eigenvalue weighted by Gasteiger charge is -2.16. The van der Waals surface area contributed by atoms with Crippen LogP contribution in [0, 0.1) is 11.3 Å². The van der Waals surface area contributed by atoms with Gasteiger partial charge in [0.15, 0.2) is 0 Å². The predicted octanol–water partition coefficient (Wildman–Crippen LogP) is 2.37. The van der Waals surface area contributed by atoms with Crippen LogP contribution in [0.25, 0.3) is 0 Å². The molecule has 0 bridgehead atoms. The summed E-state index contributed by atoms with van der Waals surface area (Å²) in [5.74, 6) is 0. The van der Waals surface area contributed by atoms with Gasteiger partial charge >= 0.3 is 6.18 Å². The molecule has 1 rings (SSSR count). The quantitative estimate of drug-likeness (QED) is 0.820. The molecule has 0 atom stereocenters. The van der Waals surface area contributed by atoms with Gasteiger partial charge < -0.3 is 5.73 Å². The summed E-state index contributed by atoms with van der Waals surface area (Å²) >= 11 is 0. The van der Waals surface area contributed by atoms with Gasteiger partial charge in [-0.15, -0.1) is 0 Å². The standard InChI is InChI=1S/C9H6F5N3/c10-8(11)6-5(2-16)17-3-4(1-15)7(6)9(12,13)14/h3,8H,2,16H2. The van der Waals surface area contributed by atoms with Gasteiger partial charge in [-0.2, -0.15) is 18.4 Å². The van der Waals surface area contributed by atoms with E-state index in [1.807, 2.05) is 0 Å². The molecule has 0 aromatic carbocycles. The number of nitrogens with two attached hydrogens (primary N) is 1. The van der Waals surface area contributed by atoms with Crippen molar-refractivity contribution in [2.45, 2.75) is 19.1 Å². The summed E-state index contributed by atoms with van der Waals surface area (Å²) in [6.45, 7) is -0.561. The average Bonchev–Trinajstić information content (AvgIpc) is 2.25. The lowest BCUT2D eigenvalue weighted by molar-refractivity contribution is -0.139. The monoisotopic (exact) mass is 251 g/mol. The molecule has 1 aromatic rings. The van der Waals surface area contributed by atoms with Gasteiger partial charge in [0, 0.05) is 12.7 Å². The number of pyridine rings is 1. The van der Waals surface area contributed by atoms with E-state index in [9.17, 15) is 22.0 Å². The summed E-state index contributed by atoms with van der Waals surface area (Å²) < 4.78 is 63.1. The Bertz CT molecular complexity index is 461. The Morgan fingerprint density at radius 3 is 2.35 bits per heavy atom. The number of rotatable bonds is 2. The number of alkyl halides is 5. The van der Waals surface area contributed by atoms with E-state index >= 15 is 0 Å². The first-order valence-corrected chi connectivity index (χ1v) is 4.30. The van der Waals surface area contributed by atoms with Crippen LogP contribution in [0.3, 0.4) is 0 Å². The first-order valence-electron chi connectivity index (χ1n) is 4.30. The molecule has 1 aromatic heterocycles. The molecule has 0 amide bonds. The van der Waals surface area contributed by atoms with E-state index in [1.54, 1.807) is 0 Å². The van der Waals surface area contributed by atoms with Crippen molar-refractivity contribution in [2.75, 3.05) is 0 Å². The Morgan fingerprint density at radius 2 is 2.00 bits per heavy atom. The Balaban J connectivity index is 3.67. The maximum Gasteiger partial charge on any atom is 0.418 e. The molecule has 92 valence electrons. The zero-order valence-electron chi connectivity index (χ0n) is 8.22. The van der Waals surface area contributed by atoms with Crippen LogP contribution < -0.4 is 5.73 Å². The number of hydrogen-bond donors (Lipinski definition) is 1. The summed E-state index contributed by atoms with van der Waals surface area (Å²) in [5.41, 5.74) is 0.561. The van der Waals surface area contributed by atoms with Gasteiger partial charge in [-0.1, -0.05) is 0 Å². The molecule has 17 heavy (non-hydrogen) atoms. The van der Waals surface area contributed by atoms with Crippen LogP contribution in [0.5, 0.6) is 0 Å². The Morgan fingerprint density at radius 1 is 1.41 bits per heavy atom. The van der Waals surface area contributed by atoms with Gasteiger partial charge in [0.1, 0.15) is 6.07 Å². The molecule has 0 radical (unpaired) electrons. The molecule has 0 aliphatic carbocycles. The van der Waals surface area contributed by atoms with Crippen LogP contribution in [0.2, 0.25) is 0 Å². The number of hydrogen-bond acceptors (Lipinski definition) is 3. The fourth-order valence-corrected chi connectivity index (χ4v) is 1.35. The van der Waals surface area contributed by atoms with E-state index in [0.717, 1.165) is 0 Å². The summed E-state index contributed by atoms with van der Waals surface area (Å²) in [5, 5.41) is 8.49. The van der Waals surface area contributed by atoms with Gasteiger partial charge in [0.25, 0.3) is 6.43 Å². The van der Waals surface area contributed by atoms with Crippen LogP contribution in [-0.2, 0) is 12.7 Å². The molecule has 0 saturated heterocycles. The number of halogens is 5. The number of nitriles is 1. The Hall–Kier alpha value is -1.75. The summed E-state index contributed by atoms with van der Waals surface area (Å²) in [7, 11) is 0. The first kappa shape index (κ1) is 13.3. The molecule has 0 spiro atoms. The van der Waals surface area contributed by atoms with Crippen molar-refractivity contribution >= 4 is 0 Å². The SMILES string of the molecule is N#Cc1cnc(CN)c(C(F)F)c1C(F)(F)F. The molecule has 3 nitrogen and oxygen atoms in total. The molecular weight excluding hydrogens is 245 g/mol. The summed E-state index contributed by atoms with van der Waals surface area (Å²) in [6.07, 6.45) is -7.86. The lowest BCUT2D eigenvalue weighted by Crippen LogP contribution is -2.17. The summed E-state index contributed by atoms with van der Waals surface area (Å²) in [4.78, 5) is 3.34. The third-order valence-electron chi connectivity index (χ3n) is 2.01. The van der Waals surface area contributed by atoms with E-state index < -0.39 is 41.5 Å². The van der Waals surface area contributed by atoms with Gasteiger partial charge in [-0.3, -0.25) is 4.98 Å². The van der Waals surface area contributed by atoms with Gasteiger partial charge in [-0.25, -0.2) is 8.78 Å². The highest BCUT2D eigenvalue weighted by molar-refractivity contribution is 5.45. The molecule has 8 heteroatoms.